The number of aromatic nitrogens is 3. The van der Waals surface area contributed by atoms with Crippen molar-refractivity contribution in [3.05, 3.63) is 113 Å². The van der Waals surface area contributed by atoms with Crippen molar-refractivity contribution in [1.29, 1.82) is 0 Å². The van der Waals surface area contributed by atoms with Crippen molar-refractivity contribution in [2.24, 2.45) is 0 Å². The van der Waals surface area contributed by atoms with E-state index in [-0.39, 0.29) is 5.91 Å². The first-order valence-corrected chi connectivity index (χ1v) is 11.2. The van der Waals surface area contributed by atoms with Crippen LogP contribution in [0.3, 0.4) is 0 Å². The van der Waals surface area contributed by atoms with Gasteiger partial charge in [0.15, 0.2) is 0 Å². The number of fused-ring (bicyclic) bond motifs is 1. The molecule has 0 saturated carbocycles. The Labute approximate surface area is 202 Å². The van der Waals surface area contributed by atoms with Crippen LogP contribution in [0.2, 0.25) is 5.02 Å². The zero-order chi connectivity index (χ0) is 23.5. The molecule has 1 atom stereocenters. The summed E-state index contributed by atoms with van der Waals surface area (Å²) in [6, 6.07) is 24.0. The molecule has 0 saturated heterocycles. The molecule has 0 bridgehead atoms. The van der Waals surface area contributed by atoms with Crippen LogP contribution in [0.15, 0.2) is 96.5 Å². The van der Waals surface area contributed by atoms with Gasteiger partial charge in [-0.2, -0.15) is 10.1 Å². The minimum absolute atomic E-state index is 0.233. The number of anilines is 2. The average molecular weight is 472 g/mol. The van der Waals surface area contributed by atoms with Crippen molar-refractivity contribution < 1.29 is 9.53 Å². The van der Waals surface area contributed by atoms with Gasteiger partial charge in [0, 0.05) is 27.5 Å². The SMILES string of the molecule is CC1=C(C(=O)Nc2ccccc2)C(c2ccccc2OCc2ccccc2Cl)n2ncnc2N1. The Morgan fingerprint density at radius 2 is 1.79 bits per heavy atom. The smallest absolute Gasteiger partial charge is 0.255 e. The molecule has 1 amide bonds. The predicted octanol–water partition coefficient (Wildman–Crippen LogP) is 5.44. The summed E-state index contributed by atoms with van der Waals surface area (Å²) in [5.74, 6) is 0.955. The van der Waals surface area contributed by atoms with Gasteiger partial charge in [-0.1, -0.05) is 66.2 Å². The normalized spacial score (nSPS) is 14.8. The van der Waals surface area contributed by atoms with Gasteiger partial charge in [-0.25, -0.2) is 4.68 Å². The molecule has 0 spiro atoms. The molecule has 5 rings (SSSR count). The summed E-state index contributed by atoms with van der Waals surface area (Å²) in [7, 11) is 0. The summed E-state index contributed by atoms with van der Waals surface area (Å²) in [5, 5.41) is 11.2. The number of allylic oxidation sites excluding steroid dienone is 1. The number of carbonyl (C=O) groups is 1. The molecule has 0 fully saturated rings. The van der Waals surface area contributed by atoms with E-state index in [9.17, 15) is 4.79 Å². The number of hydrogen-bond acceptors (Lipinski definition) is 5. The van der Waals surface area contributed by atoms with Crippen LogP contribution in [0.4, 0.5) is 11.6 Å². The summed E-state index contributed by atoms with van der Waals surface area (Å²) in [5.41, 5.74) is 3.59. The first-order chi connectivity index (χ1) is 16.6. The fourth-order valence-electron chi connectivity index (χ4n) is 4.00. The molecule has 1 unspecified atom stereocenters. The monoisotopic (exact) mass is 471 g/mol. The topological polar surface area (TPSA) is 81.1 Å². The molecular formula is C26H22ClN5O2. The van der Waals surface area contributed by atoms with E-state index in [1.54, 1.807) is 4.68 Å². The highest BCUT2D eigenvalue weighted by molar-refractivity contribution is 6.31. The number of hydrogen-bond donors (Lipinski definition) is 2. The van der Waals surface area contributed by atoms with Crippen molar-refractivity contribution in [2.45, 2.75) is 19.6 Å². The summed E-state index contributed by atoms with van der Waals surface area (Å²) in [6.07, 6.45) is 1.47. The summed E-state index contributed by atoms with van der Waals surface area (Å²) in [6.45, 7) is 2.15. The van der Waals surface area contributed by atoms with Crippen LogP contribution in [0, 0.1) is 0 Å². The molecule has 1 aliphatic rings. The quantitative estimate of drug-likeness (QED) is 0.391. The number of nitrogens with one attached hydrogen (secondary N) is 2. The van der Waals surface area contributed by atoms with E-state index in [1.807, 2.05) is 85.8 Å². The largest absolute Gasteiger partial charge is 0.488 e. The Bertz CT molecular complexity index is 1370. The predicted molar refractivity (Wildman–Crippen MR) is 132 cm³/mol. The molecule has 0 aliphatic carbocycles. The maximum absolute atomic E-state index is 13.5. The summed E-state index contributed by atoms with van der Waals surface area (Å²) in [4.78, 5) is 17.8. The first kappa shape index (κ1) is 21.7. The standard InChI is InChI=1S/C26H22ClN5O2/c1-17-23(25(33)31-19-10-3-2-4-11-19)24(32-26(30-17)28-16-29-32)20-12-6-8-14-22(20)34-15-18-9-5-7-13-21(18)27/h2-14,16,24H,15H2,1H3,(H,31,33)(H,28,29,30). The Hall–Kier alpha value is -4.10. The number of ether oxygens (including phenoxy) is 1. The van der Waals surface area contributed by atoms with Crippen molar-refractivity contribution in [1.82, 2.24) is 14.8 Å². The number of rotatable bonds is 6. The second kappa shape index (κ2) is 9.41. The van der Waals surface area contributed by atoms with Crippen molar-refractivity contribution in [3.63, 3.8) is 0 Å². The number of halogens is 1. The number of carbonyl (C=O) groups excluding carboxylic acids is 1. The molecule has 170 valence electrons. The van der Waals surface area contributed by atoms with Crippen LogP contribution < -0.4 is 15.4 Å². The second-order valence-electron chi connectivity index (χ2n) is 7.83. The van der Waals surface area contributed by atoms with Crippen LogP contribution in [0.25, 0.3) is 0 Å². The molecule has 7 nitrogen and oxygen atoms in total. The molecule has 8 heteroatoms. The van der Waals surface area contributed by atoms with Gasteiger partial charge in [-0.05, 0) is 31.2 Å². The fourth-order valence-corrected chi connectivity index (χ4v) is 4.19. The van der Waals surface area contributed by atoms with Crippen LogP contribution >= 0.6 is 11.6 Å². The van der Waals surface area contributed by atoms with E-state index < -0.39 is 6.04 Å². The highest BCUT2D eigenvalue weighted by Gasteiger charge is 2.35. The summed E-state index contributed by atoms with van der Waals surface area (Å²) >= 11 is 6.32. The van der Waals surface area contributed by atoms with Gasteiger partial charge in [-0.15, -0.1) is 0 Å². The van der Waals surface area contributed by atoms with Gasteiger partial charge >= 0.3 is 0 Å². The lowest BCUT2D eigenvalue weighted by Crippen LogP contribution is -2.31. The fraction of sp³-hybridized carbons (Fsp3) is 0.115. The van der Waals surface area contributed by atoms with Crippen LogP contribution in [-0.4, -0.2) is 20.7 Å². The lowest BCUT2D eigenvalue weighted by molar-refractivity contribution is -0.113. The maximum atomic E-state index is 13.5. The van der Waals surface area contributed by atoms with Crippen molar-refractivity contribution in [3.8, 4) is 5.75 Å². The van der Waals surface area contributed by atoms with Crippen LogP contribution in [0.5, 0.6) is 5.75 Å². The van der Waals surface area contributed by atoms with E-state index in [1.165, 1.54) is 6.33 Å². The Kier molecular flexibility index (Phi) is 6.01. The maximum Gasteiger partial charge on any atom is 0.255 e. The Balaban J connectivity index is 1.53. The minimum Gasteiger partial charge on any atom is -0.488 e. The zero-order valence-corrected chi connectivity index (χ0v) is 19.2. The van der Waals surface area contributed by atoms with Gasteiger partial charge in [0.25, 0.3) is 5.91 Å². The number of amides is 1. The Morgan fingerprint density at radius 3 is 2.62 bits per heavy atom. The van der Waals surface area contributed by atoms with Gasteiger partial charge in [0.1, 0.15) is 24.7 Å². The molecule has 1 aromatic heterocycles. The average Bonchev–Trinajstić information content (AvgIpc) is 3.31. The number of benzene rings is 3. The lowest BCUT2D eigenvalue weighted by atomic mass is 9.94. The third-order valence-electron chi connectivity index (χ3n) is 5.63. The van der Waals surface area contributed by atoms with E-state index in [0.717, 1.165) is 11.1 Å². The van der Waals surface area contributed by atoms with Crippen molar-refractivity contribution >= 4 is 29.1 Å². The molecule has 4 aromatic rings. The molecule has 2 N–H and O–H groups in total. The Morgan fingerprint density at radius 1 is 1.06 bits per heavy atom. The van der Waals surface area contributed by atoms with Gasteiger partial charge in [0.05, 0.1) is 5.57 Å². The zero-order valence-electron chi connectivity index (χ0n) is 18.4. The number of nitrogens with zero attached hydrogens (tertiary/aromatic N) is 3. The highest BCUT2D eigenvalue weighted by atomic mass is 35.5. The molecule has 34 heavy (non-hydrogen) atoms. The lowest BCUT2D eigenvalue weighted by Gasteiger charge is -2.29. The van der Waals surface area contributed by atoms with Crippen LogP contribution in [0.1, 0.15) is 24.1 Å². The molecular weight excluding hydrogens is 450 g/mol. The first-order valence-electron chi connectivity index (χ1n) is 10.8. The molecule has 1 aliphatic heterocycles. The van der Waals surface area contributed by atoms with E-state index >= 15 is 0 Å². The molecule has 3 aromatic carbocycles. The van der Waals surface area contributed by atoms with Crippen LogP contribution in [-0.2, 0) is 11.4 Å². The minimum atomic E-state index is -0.537. The number of para-hydroxylation sites is 2. The van der Waals surface area contributed by atoms with Gasteiger partial charge in [-0.3, -0.25) is 4.79 Å². The van der Waals surface area contributed by atoms with Crippen molar-refractivity contribution in [2.75, 3.05) is 10.6 Å². The second-order valence-corrected chi connectivity index (χ2v) is 8.24. The van der Waals surface area contributed by atoms with E-state index in [4.69, 9.17) is 16.3 Å². The molecule has 0 radical (unpaired) electrons. The van der Waals surface area contributed by atoms with Gasteiger partial charge in [0.2, 0.25) is 5.95 Å². The third kappa shape index (κ3) is 4.25. The van der Waals surface area contributed by atoms with E-state index in [0.29, 0.717) is 40.3 Å². The summed E-state index contributed by atoms with van der Waals surface area (Å²) < 4.78 is 7.91. The van der Waals surface area contributed by atoms with E-state index in [2.05, 4.69) is 20.7 Å². The third-order valence-corrected chi connectivity index (χ3v) is 5.99. The highest BCUT2D eigenvalue weighted by Crippen LogP contribution is 2.39. The molecule has 2 heterocycles. The van der Waals surface area contributed by atoms with Gasteiger partial charge < -0.3 is 15.4 Å².